The molecule has 0 bridgehead atoms. The quantitative estimate of drug-likeness (QED) is 0.344. The molecule has 0 aliphatic rings. The van der Waals surface area contributed by atoms with Gasteiger partial charge in [0.25, 0.3) is 11.3 Å². The van der Waals surface area contributed by atoms with E-state index in [2.05, 4.69) is 0 Å². The average Bonchev–Trinajstić information content (AvgIpc) is 2.73. The molecule has 0 amide bonds. The lowest BCUT2D eigenvalue weighted by atomic mass is 10.0. The van der Waals surface area contributed by atoms with Gasteiger partial charge >= 0.3 is 5.97 Å². The van der Waals surface area contributed by atoms with Gasteiger partial charge in [0.15, 0.2) is 0 Å². The van der Waals surface area contributed by atoms with Gasteiger partial charge in [0, 0.05) is 24.3 Å². The number of rotatable bonds is 7. The minimum Gasteiger partial charge on any atom is -0.507 e. The molecule has 1 heterocycles. The number of nitrogens with zero attached hydrogens (tertiary/aromatic N) is 1. The first-order valence-electron chi connectivity index (χ1n) is 9.14. The average molecular weight is 425 g/mol. The third kappa shape index (κ3) is 5.11. The van der Waals surface area contributed by atoms with E-state index in [1.165, 1.54) is 42.6 Å². The molecule has 2 N–H and O–H groups in total. The number of aliphatic carboxylic acids is 1. The molecular weight excluding hydrogens is 408 g/mol. The highest BCUT2D eigenvalue weighted by molar-refractivity contribution is 6.38. The van der Waals surface area contributed by atoms with E-state index in [4.69, 9.17) is 5.11 Å². The van der Waals surface area contributed by atoms with E-state index in [0.29, 0.717) is 17.2 Å². The maximum Gasteiger partial charge on any atom is 0.376 e. The van der Waals surface area contributed by atoms with Crippen molar-refractivity contribution in [3.63, 3.8) is 0 Å². The number of ketones is 1. The molecule has 0 saturated heterocycles. The van der Waals surface area contributed by atoms with E-state index in [-0.39, 0.29) is 24.1 Å². The molecule has 0 aliphatic heterocycles. The van der Waals surface area contributed by atoms with Crippen molar-refractivity contribution in [2.75, 3.05) is 0 Å². The highest BCUT2D eigenvalue weighted by Crippen LogP contribution is 2.17. The highest BCUT2D eigenvalue weighted by Gasteiger charge is 2.16. The summed E-state index contributed by atoms with van der Waals surface area (Å²) in [4.78, 5) is 35.1. The van der Waals surface area contributed by atoms with Gasteiger partial charge in [-0.2, -0.15) is 0 Å². The molecule has 0 spiro atoms. The Labute approximate surface area is 175 Å². The molecule has 3 rings (SSSR count). The van der Waals surface area contributed by atoms with Crippen LogP contribution >= 0.6 is 0 Å². The first kappa shape index (κ1) is 21.6. The molecule has 158 valence electrons. The van der Waals surface area contributed by atoms with Crippen LogP contribution < -0.4 is 5.56 Å². The van der Waals surface area contributed by atoms with Crippen molar-refractivity contribution < 1.29 is 28.6 Å². The van der Waals surface area contributed by atoms with Gasteiger partial charge in [0.05, 0.1) is 12.1 Å². The maximum absolute atomic E-state index is 14.1. The van der Waals surface area contributed by atoms with Crippen LogP contribution in [0.3, 0.4) is 0 Å². The SMILES string of the molecule is O=C(O)C(=O)C=C(O)c1cc(Cc2ccccc2F)cn(Cc2ccccc2F)c1=O. The number of aliphatic hydroxyl groups excluding tert-OH is 1. The molecule has 8 heteroatoms. The molecule has 0 atom stereocenters. The number of carboxylic acid groups (broad SMARTS) is 1. The molecule has 0 saturated carbocycles. The number of carbonyl (C=O) groups is 2. The van der Waals surface area contributed by atoms with Crippen LogP contribution in [0.25, 0.3) is 5.76 Å². The fourth-order valence-corrected chi connectivity index (χ4v) is 3.03. The van der Waals surface area contributed by atoms with Crippen LogP contribution in [0.1, 0.15) is 22.3 Å². The Kier molecular flexibility index (Phi) is 6.40. The summed E-state index contributed by atoms with van der Waals surface area (Å²) in [5.74, 6) is -5.10. The number of aromatic nitrogens is 1. The van der Waals surface area contributed by atoms with Gasteiger partial charge in [-0.25, -0.2) is 13.6 Å². The summed E-state index contributed by atoms with van der Waals surface area (Å²) >= 11 is 0. The van der Waals surface area contributed by atoms with Gasteiger partial charge in [-0.05, 0) is 29.3 Å². The number of carboxylic acids is 1. The van der Waals surface area contributed by atoms with Crippen molar-refractivity contribution in [3.8, 4) is 0 Å². The van der Waals surface area contributed by atoms with Crippen LogP contribution in [0.4, 0.5) is 8.78 Å². The summed E-state index contributed by atoms with van der Waals surface area (Å²) in [6.07, 6.45) is 1.85. The molecule has 0 unspecified atom stereocenters. The second kappa shape index (κ2) is 9.17. The molecule has 0 radical (unpaired) electrons. The van der Waals surface area contributed by atoms with E-state index < -0.39 is 34.7 Å². The molecule has 6 nitrogen and oxygen atoms in total. The minimum absolute atomic E-state index is 0.0391. The number of pyridine rings is 1. The van der Waals surface area contributed by atoms with Crippen LogP contribution in [-0.4, -0.2) is 26.5 Å². The lowest BCUT2D eigenvalue weighted by molar-refractivity contribution is -0.146. The fourth-order valence-electron chi connectivity index (χ4n) is 3.03. The first-order valence-corrected chi connectivity index (χ1v) is 9.14. The Morgan fingerprint density at radius 3 is 2.10 bits per heavy atom. The minimum atomic E-state index is -1.80. The van der Waals surface area contributed by atoms with Crippen LogP contribution in [0.15, 0.2) is 71.7 Å². The predicted octanol–water partition coefficient (Wildman–Crippen LogP) is 3.32. The molecule has 0 aliphatic carbocycles. The van der Waals surface area contributed by atoms with Crippen LogP contribution in [0.5, 0.6) is 0 Å². The molecular formula is C23H17F2NO5. The van der Waals surface area contributed by atoms with E-state index >= 15 is 0 Å². The summed E-state index contributed by atoms with van der Waals surface area (Å²) in [7, 11) is 0. The Hall–Kier alpha value is -4.07. The number of hydrogen-bond donors (Lipinski definition) is 2. The van der Waals surface area contributed by atoms with Crippen molar-refractivity contribution >= 4 is 17.5 Å². The third-order valence-corrected chi connectivity index (χ3v) is 4.55. The van der Waals surface area contributed by atoms with Crippen molar-refractivity contribution in [1.82, 2.24) is 4.57 Å². The first-order chi connectivity index (χ1) is 14.8. The second-order valence-electron chi connectivity index (χ2n) is 6.75. The van der Waals surface area contributed by atoms with Gasteiger partial charge in [-0.1, -0.05) is 36.4 Å². The fraction of sp³-hybridized carbons (Fsp3) is 0.0870. The zero-order valence-electron chi connectivity index (χ0n) is 16.1. The summed E-state index contributed by atoms with van der Waals surface area (Å²) in [5.41, 5.74) is -0.232. The van der Waals surface area contributed by atoms with Crippen molar-refractivity contribution in [3.05, 3.63) is 111 Å². The maximum atomic E-state index is 14.1. The van der Waals surface area contributed by atoms with Gasteiger partial charge in [-0.15, -0.1) is 0 Å². The molecule has 3 aromatic rings. The lowest BCUT2D eigenvalue weighted by Gasteiger charge is -2.13. The summed E-state index contributed by atoms with van der Waals surface area (Å²) < 4.78 is 29.3. The van der Waals surface area contributed by atoms with Gasteiger partial charge in [0.1, 0.15) is 17.4 Å². The monoisotopic (exact) mass is 425 g/mol. The Balaban J connectivity index is 2.12. The van der Waals surface area contributed by atoms with Gasteiger partial charge in [0.2, 0.25) is 0 Å². The van der Waals surface area contributed by atoms with Crippen molar-refractivity contribution in [2.24, 2.45) is 0 Å². The van der Waals surface area contributed by atoms with E-state index in [9.17, 15) is 28.3 Å². The van der Waals surface area contributed by atoms with E-state index in [1.54, 1.807) is 18.2 Å². The van der Waals surface area contributed by atoms with E-state index in [1.807, 2.05) is 0 Å². The van der Waals surface area contributed by atoms with Crippen LogP contribution in [0.2, 0.25) is 0 Å². The molecule has 2 aromatic carbocycles. The molecule has 31 heavy (non-hydrogen) atoms. The smallest absolute Gasteiger partial charge is 0.376 e. The molecule has 1 aromatic heterocycles. The largest absolute Gasteiger partial charge is 0.507 e. The number of benzene rings is 2. The third-order valence-electron chi connectivity index (χ3n) is 4.55. The Morgan fingerprint density at radius 2 is 1.52 bits per heavy atom. The lowest BCUT2D eigenvalue weighted by Crippen LogP contribution is -2.25. The number of halogens is 2. The highest BCUT2D eigenvalue weighted by atomic mass is 19.1. The topological polar surface area (TPSA) is 96.6 Å². The van der Waals surface area contributed by atoms with Gasteiger partial charge < -0.3 is 14.8 Å². The standard InChI is InChI=1S/C23H17F2NO5/c24-18-7-3-1-5-15(18)9-14-10-17(20(27)11-21(28)23(30)31)22(29)26(12-14)13-16-6-2-4-8-19(16)25/h1-8,10-12,27H,9,13H2,(H,30,31). The molecule has 0 fully saturated rings. The van der Waals surface area contributed by atoms with Crippen LogP contribution in [-0.2, 0) is 22.6 Å². The number of aliphatic hydroxyl groups is 1. The Morgan fingerprint density at radius 1 is 0.935 bits per heavy atom. The summed E-state index contributed by atoms with van der Waals surface area (Å²) in [5, 5.41) is 19.0. The zero-order valence-corrected chi connectivity index (χ0v) is 16.1. The second-order valence-corrected chi connectivity index (χ2v) is 6.75. The predicted molar refractivity (Wildman–Crippen MR) is 109 cm³/mol. The van der Waals surface area contributed by atoms with Gasteiger partial charge in [-0.3, -0.25) is 9.59 Å². The summed E-state index contributed by atoms with van der Waals surface area (Å²) in [6.45, 7) is -0.191. The van der Waals surface area contributed by atoms with Crippen molar-refractivity contribution in [1.29, 1.82) is 0 Å². The Bertz CT molecular complexity index is 1250. The summed E-state index contributed by atoms with van der Waals surface area (Å²) in [6, 6.07) is 13.0. The normalized spacial score (nSPS) is 11.4. The number of carbonyl (C=O) groups excluding carboxylic acids is 1. The van der Waals surface area contributed by atoms with Crippen molar-refractivity contribution in [2.45, 2.75) is 13.0 Å². The van der Waals surface area contributed by atoms with Crippen LogP contribution in [0, 0.1) is 11.6 Å². The van der Waals surface area contributed by atoms with E-state index in [0.717, 1.165) is 4.57 Å². The zero-order chi connectivity index (χ0) is 22.5. The number of hydrogen-bond acceptors (Lipinski definition) is 4.